The summed E-state index contributed by atoms with van der Waals surface area (Å²) < 4.78 is 5.16. The van der Waals surface area contributed by atoms with Crippen molar-refractivity contribution in [3.8, 4) is 0 Å². The minimum absolute atomic E-state index is 0.0100. The number of piperazine rings is 1. The highest BCUT2D eigenvalue weighted by atomic mass is 16.3. The van der Waals surface area contributed by atoms with Gasteiger partial charge in [-0.3, -0.25) is 9.59 Å². The van der Waals surface area contributed by atoms with Gasteiger partial charge in [0, 0.05) is 31.7 Å². The smallest absolute Gasteiger partial charge is 0.289 e. The number of fused-ring (bicyclic) bond motifs is 1. The van der Waals surface area contributed by atoms with Crippen molar-refractivity contribution in [2.45, 2.75) is 0 Å². The second kappa shape index (κ2) is 6.43. The average molecular weight is 334 g/mol. The summed E-state index contributed by atoms with van der Waals surface area (Å²) in [6.07, 6.45) is 1.49. The molecular formula is C20H18N2O3. The molecule has 1 saturated heterocycles. The third-order valence-electron chi connectivity index (χ3n) is 4.58. The standard InChI is InChI=1S/C20H18N2O3/c23-19(17-8-7-15-4-1-2-5-16(15)14-17)21-9-11-22(12-10-21)20(24)18-6-3-13-25-18/h1-8,13-14H,9-12H2. The number of carbonyl (C=O) groups is 2. The molecule has 126 valence electrons. The van der Waals surface area contributed by atoms with Crippen LogP contribution in [-0.2, 0) is 0 Å². The van der Waals surface area contributed by atoms with Gasteiger partial charge in [0.25, 0.3) is 11.8 Å². The topological polar surface area (TPSA) is 53.8 Å². The molecule has 25 heavy (non-hydrogen) atoms. The normalized spacial score (nSPS) is 14.7. The minimum atomic E-state index is -0.122. The quantitative estimate of drug-likeness (QED) is 0.724. The van der Waals surface area contributed by atoms with Crippen molar-refractivity contribution in [3.05, 3.63) is 72.2 Å². The molecule has 0 atom stereocenters. The zero-order valence-electron chi connectivity index (χ0n) is 13.7. The van der Waals surface area contributed by atoms with Gasteiger partial charge in [-0.2, -0.15) is 0 Å². The lowest BCUT2D eigenvalue weighted by molar-refractivity contribution is 0.0518. The Morgan fingerprint density at radius 2 is 1.44 bits per heavy atom. The van der Waals surface area contributed by atoms with Gasteiger partial charge in [0.1, 0.15) is 0 Å². The van der Waals surface area contributed by atoms with E-state index in [1.54, 1.807) is 21.9 Å². The maximum Gasteiger partial charge on any atom is 0.289 e. The van der Waals surface area contributed by atoms with Crippen LogP contribution in [0.5, 0.6) is 0 Å². The van der Waals surface area contributed by atoms with E-state index in [1.807, 2.05) is 42.5 Å². The van der Waals surface area contributed by atoms with Crippen molar-refractivity contribution >= 4 is 22.6 Å². The van der Waals surface area contributed by atoms with Crippen LogP contribution in [0.25, 0.3) is 10.8 Å². The second-order valence-corrected chi connectivity index (χ2v) is 6.12. The molecule has 0 spiro atoms. The van der Waals surface area contributed by atoms with Gasteiger partial charge in [0.05, 0.1) is 6.26 Å². The van der Waals surface area contributed by atoms with Crippen LogP contribution in [0.1, 0.15) is 20.9 Å². The zero-order valence-corrected chi connectivity index (χ0v) is 13.7. The molecule has 1 aliphatic heterocycles. The first-order valence-electron chi connectivity index (χ1n) is 8.33. The van der Waals surface area contributed by atoms with Crippen molar-refractivity contribution in [1.29, 1.82) is 0 Å². The van der Waals surface area contributed by atoms with Gasteiger partial charge in [-0.15, -0.1) is 0 Å². The predicted octanol–water partition coefficient (Wildman–Crippen LogP) is 3.03. The first-order chi connectivity index (χ1) is 12.2. The highest BCUT2D eigenvalue weighted by Gasteiger charge is 2.26. The first kappa shape index (κ1) is 15.4. The fourth-order valence-corrected chi connectivity index (χ4v) is 3.17. The van der Waals surface area contributed by atoms with Crippen molar-refractivity contribution < 1.29 is 14.0 Å². The summed E-state index contributed by atoms with van der Waals surface area (Å²) in [6.45, 7) is 2.08. The van der Waals surface area contributed by atoms with Gasteiger partial charge >= 0.3 is 0 Å². The van der Waals surface area contributed by atoms with Crippen molar-refractivity contribution in [2.75, 3.05) is 26.2 Å². The lowest BCUT2D eigenvalue weighted by atomic mass is 10.1. The van der Waals surface area contributed by atoms with Crippen LogP contribution in [-0.4, -0.2) is 47.8 Å². The molecule has 5 heteroatoms. The van der Waals surface area contributed by atoms with Gasteiger partial charge in [-0.05, 0) is 35.0 Å². The van der Waals surface area contributed by atoms with E-state index in [1.165, 1.54) is 6.26 Å². The summed E-state index contributed by atoms with van der Waals surface area (Å²) in [4.78, 5) is 28.6. The molecule has 0 unspecified atom stereocenters. The highest BCUT2D eigenvalue weighted by Crippen LogP contribution is 2.18. The van der Waals surface area contributed by atoms with E-state index in [9.17, 15) is 9.59 Å². The van der Waals surface area contributed by atoms with E-state index in [2.05, 4.69) is 0 Å². The van der Waals surface area contributed by atoms with Crippen LogP contribution in [0.15, 0.2) is 65.3 Å². The van der Waals surface area contributed by atoms with Gasteiger partial charge in [0.15, 0.2) is 5.76 Å². The number of furan rings is 1. The van der Waals surface area contributed by atoms with Gasteiger partial charge < -0.3 is 14.2 Å². The number of carbonyl (C=O) groups excluding carboxylic acids is 2. The molecule has 0 saturated carbocycles. The van der Waals surface area contributed by atoms with E-state index in [0.717, 1.165) is 10.8 Å². The van der Waals surface area contributed by atoms with Gasteiger partial charge in [0.2, 0.25) is 0 Å². The Labute approximate surface area is 145 Å². The summed E-state index contributed by atoms with van der Waals surface area (Å²) in [5, 5.41) is 2.17. The van der Waals surface area contributed by atoms with Gasteiger partial charge in [-0.1, -0.05) is 30.3 Å². The van der Waals surface area contributed by atoms with Crippen molar-refractivity contribution in [1.82, 2.24) is 9.80 Å². The third-order valence-corrected chi connectivity index (χ3v) is 4.58. The maximum absolute atomic E-state index is 12.8. The fraction of sp³-hybridized carbons (Fsp3) is 0.200. The Morgan fingerprint density at radius 1 is 0.760 bits per heavy atom. The van der Waals surface area contributed by atoms with Crippen LogP contribution in [0.3, 0.4) is 0 Å². The van der Waals surface area contributed by atoms with E-state index < -0.39 is 0 Å². The van der Waals surface area contributed by atoms with Crippen LogP contribution in [0.2, 0.25) is 0 Å². The lowest BCUT2D eigenvalue weighted by Gasteiger charge is -2.34. The van der Waals surface area contributed by atoms with Crippen LogP contribution in [0.4, 0.5) is 0 Å². The highest BCUT2D eigenvalue weighted by molar-refractivity contribution is 5.99. The Kier molecular flexibility index (Phi) is 3.98. The minimum Gasteiger partial charge on any atom is -0.459 e. The average Bonchev–Trinajstić information content (AvgIpc) is 3.21. The summed E-state index contributed by atoms with van der Waals surface area (Å²) in [6, 6.07) is 17.1. The zero-order chi connectivity index (χ0) is 17.2. The number of rotatable bonds is 2. The van der Waals surface area contributed by atoms with E-state index in [-0.39, 0.29) is 11.8 Å². The number of hydrogen-bond donors (Lipinski definition) is 0. The molecule has 0 aliphatic carbocycles. The predicted molar refractivity (Wildman–Crippen MR) is 94.5 cm³/mol. The Balaban J connectivity index is 1.44. The number of amides is 2. The largest absolute Gasteiger partial charge is 0.459 e. The molecule has 5 nitrogen and oxygen atoms in total. The maximum atomic E-state index is 12.8. The number of nitrogens with zero attached hydrogens (tertiary/aromatic N) is 2. The summed E-state index contributed by atoms with van der Waals surface area (Å²) >= 11 is 0. The molecule has 2 heterocycles. The third kappa shape index (κ3) is 3.01. The molecule has 0 bridgehead atoms. The molecule has 1 aliphatic rings. The number of benzene rings is 2. The van der Waals surface area contributed by atoms with Gasteiger partial charge in [-0.25, -0.2) is 0 Å². The molecule has 4 rings (SSSR count). The molecule has 0 N–H and O–H groups in total. The lowest BCUT2D eigenvalue weighted by Crippen LogP contribution is -2.50. The molecule has 1 aromatic heterocycles. The second-order valence-electron chi connectivity index (χ2n) is 6.12. The SMILES string of the molecule is O=C(c1ccc2ccccc2c1)N1CCN(C(=O)c2ccco2)CC1. The Bertz CT molecular complexity index is 910. The van der Waals surface area contributed by atoms with E-state index in [4.69, 9.17) is 4.42 Å². The molecule has 2 aromatic carbocycles. The molecule has 2 amide bonds. The van der Waals surface area contributed by atoms with Crippen molar-refractivity contribution in [3.63, 3.8) is 0 Å². The van der Waals surface area contributed by atoms with E-state index >= 15 is 0 Å². The van der Waals surface area contributed by atoms with Crippen LogP contribution < -0.4 is 0 Å². The monoisotopic (exact) mass is 334 g/mol. The van der Waals surface area contributed by atoms with Crippen molar-refractivity contribution in [2.24, 2.45) is 0 Å². The molecule has 3 aromatic rings. The Hall–Kier alpha value is -3.08. The number of hydrogen-bond acceptors (Lipinski definition) is 3. The summed E-state index contributed by atoms with van der Waals surface area (Å²) in [7, 11) is 0. The summed E-state index contributed by atoms with van der Waals surface area (Å²) in [5.74, 6) is 0.230. The molecular weight excluding hydrogens is 316 g/mol. The van der Waals surface area contributed by atoms with E-state index in [0.29, 0.717) is 37.5 Å². The first-order valence-corrected chi connectivity index (χ1v) is 8.33. The fourth-order valence-electron chi connectivity index (χ4n) is 3.17. The summed E-state index contributed by atoms with van der Waals surface area (Å²) in [5.41, 5.74) is 0.685. The molecule has 1 fully saturated rings. The van der Waals surface area contributed by atoms with Crippen LogP contribution in [0, 0.1) is 0 Å². The molecule has 0 radical (unpaired) electrons. The van der Waals surface area contributed by atoms with Crippen LogP contribution >= 0.6 is 0 Å². The Morgan fingerprint density at radius 3 is 2.12 bits per heavy atom.